The minimum Gasteiger partial charge on any atom is -0.329 e. The summed E-state index contributed by atoms with van der Waals surface area (Å²) in [6, 6.07) is 1.53. The summed E-state index contributed by atoms with van der Waals surface area (Å²) in [5, 5.41) is 0. The molecule has 0 aromatic heterocycles. The highest BCUT2D eigenvalue weighted by atomic mass is 15.2. The van der Waals surface area contributed by atoms with Gasteiger partial charge in [-0.3, -0.25) is 4.90 Å². The number of nitrogens with zero attached hydrogens (tertiary/aromatic N) is 1. The predicted molar refractivity (Wildman–Crippen MR) is 43.9 cm³/mol. The first kappa shape index (κ1) is 8.02. The lowest BCUT2D eigenvalue weighted by atomic mass is 10.2. The molecule has 1 fully saturated rings. The van der Waals surface area contributed by atoms with Gasteiger partial charge in [0.05, 0.1) is 0 Å². The number of nitrogens with two attached hydrogens (primary N) is 1. The van der Waals surface area contributed by atoms with E-state index >= 15 is 0 Å². The van der Waals surface area contributed by atoms with Crippen LogP contribution in [0.15, 0.2) is 0 Å². The molecule has 0 aromatic rings. The first-order valence-corrected chi connectivity index (χ1v) is 4.21. The Morgan fingerprint density at radius 2 is 1.80 bits per heavy atom. The van der Waals surface area contributed by atoms with E-state index in [1.807, 2.05) is 0 Å². The normalized spacial score (nSPS) is 35.1. The molecule has 0 spiro atoms. The molecule has 1 rings (SSSR count). The summed E-state index contributed by atoms with van der Waals surface area (Å²) in [5.41, 5.74) is 5.49. The highest BCUT2D eigenvalue weighted by molar-refractivity contribution is 4.81. The second-order valence-electron chi connectivity index (χ2n) is 3.30. The Hall–Kier alpha value is -0.0800. The van der Waals surface area contributed by atoms with Gasteiger partial charge in [0.25, 0.3) is 0 Å². The zero-order valence-corrected chi connectivity index (χ0v) is 7.01. The van der Waals surface area contributed by atoms with Crippen LogP contribution in [-0.4, -0.2) is 30.1 Å². The molecule has 1 saturated heterocycles. The highest BCUT2D eigenvalue weighted by Gasteiger charge is 2.25. The van der Waals surface area contributed by atoms with Gasteiger partial charge in [0.15, 0.2) is 0 Å². The molecule has 0 bridgehead atoms. The van der Waals surface area contributed by atoms with Crippen molar-refractivity contribution in [1.29, 1.82) is 0 Å². The van der Waals surface area contributed by atoms with E-state index in [0.717, 1.165) is 25.2 Å². The van der Waals surface area contributed by atoms with E-state index in [0.29, 0.717) is 0 Å². The summed E-state index contributed by atoms with van der Waals surface area (Å²) in [6.45, 7) is 6.45. The molecule has 0 aliphatic carbocycles. The Morgan fingerprint density at radius 1 is 1.30 bits per heavy atom. The van der Waals surface area contributed by atoms with Gasteiger partial charge in [-0.2, -0.15) is 0 Å². The van der Waals surface area contributed by atoms with Crippen LogP contribution in [-0.2, 0) is 0 Å². The Morgan fingerprint density at radius 3 is 2.20 bits per heavy atom. The van der Waals surface area contributed by atoms with Crippen LogP contribution < -0.4 is 5.73 Å². The van der Waals surface area contributed by atoms with Crippen LogP contribution in [0.5, 0.6) is 0 Å². The average Bonchev–Trinajstić information content (AvgIpc) is 2.20. The standard InChI is InChI=1S/C8H18N2/c1-7-3-4-8(2)10(7)6-5-9/h7-8H,3-6,9H2,1-2H3/t7-,8+. The molecule has 0 amide bonds. The lowest BCUT2D eigenvalue weighted by Crippen LogP contribution is -2.36. The summed E-state index contributed by atoms with van der Waals surface area (Å²) < 4.78 is 0. The van der Waals surface area contributed by atoms with Crippen molar-refractivity contribution in [3.8, 4) is 0 Å². The third kappa shape index (κ3) is 1.50. The maximum atomic E-state index is 5.49. The lowest BCUT2D eigenvalue weighted by molar-refractivity contribution is 0.221. The van der Waals surface area contributed by atoms with Crippen molar-refractivity contribution in [2.45, 2.75) is 38.8 Å². The second kappa shape index (κ2) is 3.35. The maximum Gasteiger partial charge on any atom is 0.0110 e. The summed E-state index contributed by atoms with van der Waals surface area (Å²) in [5.74, 6) is 0. The third-order valence-corrected chi connectivity index (χ3v) is 2.52. The molecule has 0 unspecified atom stereocenters. The minimum absolute atomic E-state index is 0.763. The van der Waals surface area contributed by atoms with E-state index in [2.05, 4.69) is 18.7 Å². The van der Waals surface area contributed by atoms with E-state index in [4.69, 9.17) is 5.73 Å². The van der Waals surface area contributed by atoms with Crippen LogP contribution in [0.2, 0.25) is 0 Å². The Balaban J connectivity index is 2.38. The van der Waals surface area contributed by atoms with Crippen molar-refractivity contribution >= 4 is 0 Å². The fourth-order valence-corrected chi connectivity index (χ4v) is 1.84. The molecular weight excluding hydrogens is 124 g/mol. The Bertz CT molecular complexity index is 93.4. The van der Waals surface area contributed by atoms with Crippen molar-refractivity contribution < 1.29 is 0 Å². The molecule has 60 valence electrons. The molecule has 1 heterocycles. The molecule has 0 aromatic carbocycles. The third-order valence-electron chi connectivity index (χ3n) is 2.52. The van der Waals surface area contributed by atoms with Gasteiger partial charge in [-0.25, -0.2) is 0 Å². The molecule has 2 nitrogen and oxygen atoms in total. The second-order valence-corrected chi connectivity index (χ2v) is 3.30. The van der Waals surface area contributed by atoms with Gasteiger partial charge in [0, 0.05) is 25.2 Å². The number of hydrogen-bond donors (Lipinski definition) is 1. The zero-order valence-electron chi connectivity index (χ0n) is 7.01. The van der Waals surface area contributed by atoms with Crippen LogP contribution in [0, 0.1) is 0 Å². The molecule has 2 atom stereocenters. The quantitative estimate of drug-likeness (QED) is 0.618. The SMILES string of the molecule is C[C@@H]1CC[C@H](C)N1CCN. The highest BCUT2D eigenvalue weighted by Crippen LogP contribution is 2.22. The molecule has 1 aliphatic heterocycles. The maximum absolute atomic E-state index is 5.49. The molecule has 2 N–H and O–H groups in total. The molecule has 1 aliphatic rings. The van der Waals surface area contributed by atoms with Gasteiger partial charge in [-0.1, -0.05) is 0 Å². The van der Waals surface area contributed by atoms with Gasteiger partial charge < -0.3 is 5.73 Å². The van der Waals surface area contributed by atoms with Crippen molar-refractivity contribution in [2.75, 3.05) is 13.1 Å². The molecular formula is C8H18N2. The van der Waals surface area contributed by atoms with E-state index in [9.17, 15) is 0 Å². The minimum atomic E-state index is 0.763. The van der Waals surface area contributed by atoms with Gasteiger partial charge in [-0.15, -0.1) is 0 Å². The summed E-state index contributed by atoms with van der Waals surface area (Å²) in [4.78, 5) is 2.50. The molecule has 0 radical (unpaired) electrons. The molecule has 10 heavy (non-hydrogen) atoms. The van der Waals surface area contributed by atoms with Crippen molar-refractivity contribution in [3.05, 3.63) is 0 Å². The average molecular weight is 142 g/mol. The van der Waals surface area contributed by atoms with E-state index < -0.39 is 0 Å². The Kier molecular flexibility index (Phi) is 2.69. The lowest BCUT2D eigenvalue weighted by Gasteiger charge is -2.24. The van der Waals surface area contributed by atoms with E-state index in [1.165, 1.54) is 12.8 Å². The predicted octanol–water partition coefficient (Wildman–Crippen LogP) is 0.818. The number of rotatable bonds is 2. The molecule has 2 heteroatoms. The van der Waals surface area contributed by atoms with Crippen molar-refractivity contribution in [3.63, 3.8) is 0 Å². The molecule has 0 saturated carbocycles. The smallest absolute Gasteiger partial charge is 0.0110 e. The van der Waals surface area contributed by atoms with Gasteiger partial charge in [0.1, 0.15) is 0 Å². The Labute approximate surface area is 63.4 Å². The van der Waals surface area contributed by atoms with E-state index in [1.54, 1.807) is 0 Å². The van der Waals surface area contributed by atoms with Crippen LogP contribution in [0.1, 0.15) is 26.7 Å². The van der Waals surface area contributed by atoms with Gasteiger partial charge in [-0.05, 0) is 26.7 Å². The fraction of sp³-hybridized carbons (Fsp3) is 1.00. The van der Waals surface area contributed by atoms with E-state index in [-0.39, 0.29) is 0 Å². The zero-order chi connectivity index (χ0) is 7.56. The fourth-order valence-electron chi connectivity index (χ4n) is 1.84. The van der Waals surface area contributed by atoms with Gasteiger partial charge in [0.2, 0.25) is 0 Å². The summed E-state index contributed by atoms with van der Waals surface area (Å²) in [7, 11) is 0. The topological polar surface area (TPSA) is 29.3 Å². The monoisotopic (exact) mass is 142 g/mol. The first-order chi connectivity index (χ1) is 4.75. The summed E-state index contributed by atoms with van der Waals surface area (Å²) >= 11 is 0. The van der Waals surface area contributed by atoms with Gasteiger partial charge >= 0.3 is 0 Å². The number of likely N-dealkylation sites (tertiary alicyclic amines) is 1. The van der Waals surface area contributed by atoms with Crippen LogP contribution in [0.4, 0.5) is 0 Å². The largest absolute Gasteiger partial charge is 0.329 e. The van der Waals surface area contributed by atoms with Crippen LogP contribution >= 0.6 is 0 Å². The summed E-state index contributed by atoms with van der Waals surface area (Å²) in [6.07, 6.45) is 2.70. The number of hydrogen-bond acceptors (Lipinski definition) is 2. The van der Waals surface area contributed by atoms with Crippen molar-refractivity contribution in [1.82, 2.24) is 4.90 Å². The van der Waals surface area contributed by atoms with Crippen molar-refractivity contribution in [2.24, 2.45) is 5.73 Å². The van der Waals surface area contributed by atoms with Crippen LogP contribution in [0.25, 0.3) is 0 Å². The van der Waals surface area contributed by atoms with Crippen LogP contribution in [0.3, 0.4) is 0 Å². The first-order valence-electron chi connectivity index (χ1n) is 4.21.